The lowest BCUT2D eigenvalue weighted by Gasteiger charge is -2.27. The van der Waals surface area contributed by atoms with E-state index in [4.69, 9.17) is 4.43 Å². The molecule has 0 saturated heterocycles. The minimum atomic E-state index is -1.66. The van der Waals surface area contributed by atoms with Gasteiger partial charge in [0.25, 0.3) is 0 Å². The van der Waals surface area contributed by atoms with Crippen LogP contribution < -0.4 is 4.43 Å². The second-order valence-electron chi connectivity index (χ2n) is 7.28. The molecular formula is C20H30OSi. The minimum absolute atomic E-state index is 1.10. The Balaban J connectivity index is 2.15. The minimum Gasteiger partial charge on any atom is -0.544 e. The summed E-state index contributed by atoms with van der Waals surface area (Å²) >= 11 is 0. The maximum atomic E-state index is 6.59. The summed E-state index contributed by atoms with van der Waals surface area (Å²) in [6.07, 6.45) is 9.03. The van der Waals surface area contributed by atoms with Crippen LogP contribution in [0.5, 0.6) is 5.75 Å². The van der Waals surface area contributed by atoms with Gasteiger partial charge in [-0.3, -0.25) is 0 Å². The molecule has 1 aromatic rings. The van der Waals surface area contributed by atoms with Crippen molar-refractivity contribution >= 4 is 14.4 Å². The van der Waals surface area contributed by atoms with Crippen molar-refractivity contribution in [1.82, 2.24) is 0 Å². The van der Waals surface area contributed by atoms with Gasteiger partial charge in [0, 0.05) is 0 Å². The number of aryl methyl sites for hydroxylation is 1. The van der Waals surface area contributed by atoms with Gasteiger partial charge in [0.1, 0.15) is 5.75 Å². The number of allylic oxidation sites excluding steroid dienone is 2. The van der Waals surface area contributed by atoms with Crippen molar-refractivity contribution in [3.63, 3.8) is 0 Å². The first-order chi connectivity index (χ1) is 10.3. The van der Waals surface area contributed by atoms with Gasteiger partial charge in [-0.15, -0.1) is 6.58 Å². The van der Waals surface area contributed by atoms with Gasteiger partial charge in [0.15, 0.2) is 0 Å². The van der Waals surface area contributed by atoms with Crippen LogP contribution in [-0.4, -0.2) is 8.32 Å². The summed E-state index contributed by atoms with van der Waals surface area (Å²) in [5, 5.41) is 0. The van der Waals surface area contributed by atoms with E-state index in [9.17, 15) is 0 Å². The van der Waals surface area contributed by atoms with Crippen LogP contribution in [0.4, 0.5) is 0 Å². The number of benzene rings is 1. The fourth-order valence-electron chi connectivity index (χ4n) is 3.33. The third-order valence-corrected chi connectivity index (χ3v) is 6.83. The van der Waals surface area contributed by atoms with Crippen molar-refractivity contribution in [2.75, 3.05) is 0 Å². The first-order valence-electron chi connectivity index (χ1n) is 8.44. The van der Waals surface area contributed by atoms with Crippen LogP contribution in [0, 0.1) is 13.8 Å². The molecule has 1 aromatic carbocycles. The number of hydrogen-bond acceptors (Lipinski definition) is 1. The standard InChI is InChI=1S/C20H30OSi/c1-7-8-9-10-11-22(5,6)21-20-16(3)14-18-12-15(2)13-19(18)17(20)4/h7,13-14H,1,8-12H2,2-6H3. The highest BCUT2D eigenvalue weighted by Crippen LogP contribution is 2.37. The largest absolute Gasteiger partial charge is 0.544 e. The highest BCUT2D eigenvalue weighted by atomic mass is 28.4. The van der Waals surface area contributed by atoms with Crippen molar-refractivity contribution in [2.24, 2.45) is 0 Å². The number of rotatable bonds is 7. The molecule has 0 aromatic heterocycles. The van der Waals surface area contributed by atoms with Gasteiger partial charge < -0.3 is 4.43 Å². The SMILES string of the molecule is C=CCCCC[Si](C)(C)Oc1c(C)cc2c(c1C)C=C(C)C2. The molecule has 0 bridgehead atoms. The van der Waals surface area contributed by atoms with Crippen molar-refractivity contribution < 1.29 is 4.43 Å². The van der Waals surface area contributed by atoms with Gasteiger partial charge in [-0.1, -0.05) is 30.2 Å². The number of hydrogen-bond donors (Lipinski definition) is 0. The summed E-state index contributed by atoms with van der Waals surface area (Å²) in [7, 11) is -1.66. The predicted octanol–water partition coefficient (Wildman–Crippen LogP) is 6.20. The molecule has 120 valence electrons. The van der Waals surface area contributed by atoms with Crippen molar-refractivity contribution in [3.8, 4) is 5.75 Å². The zero-order valence-corrected chi connectivity index (χ0v) is 15.9. The molecule has 0 saturated carbocycles. The van der Waals surface area contributed by atoms with Crippen molar-refractivity contribution in [1.29, 1.82) is 0 Å². The molecule has 0 fully saturated rings. The Morgan fingerprint density at radius 1 is 1.23 bits per heavy atom. The fourth-order valence-corrected chi connectivity index (χ4v) is 5.40. The third-order valence-electron chi connectivity index (χ3n) is 4.51. The van der Waals surface area contributed by atoms with E-state index in [1.807, 2.05) is 6.08 Å². The molecule has 0 atom stereocenters. The quantitative estimate of drug-likeness (QED) is 0.330. The second kappa shape index (κ2) is 6.87. The Kier molecular flexibility index (Phi) is 5.33. The summed E-state index contributed by atoms with van der Waals surface area (Å²) in [5.41, 5.74) is 6.94. The Morgan fingerprint density at radius 3 is 2.64 bits per heavy atom. The van der Waals surface area contributed by atoms with Crippen LogP contribution in [0.3, 0.4) is 0 Å². The fraction of sp³-hybridized carbons (Fsp3) is 0.500. The van der Waals surface area contributed by atoms with Gasteiger partial charge in [0.2, 0.25) is 8.32 Å². The first kappa shape index (κ1) is 17.1. The molecule has 2 rings (SSSR count). The molecule has 1 nitrogen and oxygen atoms in total. The second-order valence-corrected chi connectivity index (χ2v) is 11.5. The maximum Gasteiger partial charge on any atom is 0.245 e. The molecule has 1 aliphatic carbocycles. The topological polar surface area (TPSA) is 9.23 Å². The molecule has 22 heavy (non-hydrogen) atoms. The highest BCUT2D eigenvalue weighted by Gasteiger charge is 2.27. The van der Waals surface area contributed by atoms with Crippen molar-refractivity contribution in [2.45, 2.75) is 65.6 Å². The molecule has 0 N–H and O–H groups in total. The molecular weight excluding hydrogens is 284 g/mol. The highest BCUT2D eigenvalue weighted by molar-refractivity contribution is 6.71. The summed E-state index contributed by atoms with van der Waals surface area (Å²) in [5.74, 6) is 1.14. The summed E-state index contributed by atoms with van der Waals surface area (Å²) in [6.45, 7) is 15.1. The summed E-state index contributed by atoms with van der Waals surface area (Å²) < 4.78 is 6.59. The summed E-state index contributed by atoms with van der Waals surface area (Å²) in [6, 6.07) is 3.54. The van der Waals surface area contributed by atoms with E-state index in [0.717, 1.165) is 18.6 Å². The molecule has 2 heteroatoms. The number of unbranched alkanes of at least 4 members (excludes halogenated alkanes) is 2. The van der Waals surface area contributed by atoms with Crippen molar-refractivity contribution in [3.05, 3.63) is 46.5 Å². The molecule has 0 amide bonds. The van der Waals surface area contributed by atoms with Gasteiger partial charge >= 0.3 is 0 Å². The van der Waals surface area contributed by atoms with E-state index in [0.29, 0.717) is 0 Å². The Hall–Kier alpha value is -1.28. The van der Waals surface area contributed by atoms with E-state index in [-0.39, 0.29) is 0 Å². The van der Waals surface area contributed by atoms with Gasteiger partial charge in [-0.2, -0.15) is 0 Å². The van der Waals surface area contributed by atoms with E-state index >= 15 is 0 Å². The van der Waals surface area contributed by atoms with Crippen LogP contribution in [0.2, 0.25) is 19.1 Å². The zero-order chi connectivity index (χ0) is 16.3. The van der Waals surface area contributed by atoms with Crippen LogP contribution in [0.1, 0.15) is 48.4 Å². The van der Waals surface area contributed by atoms with Crippen LogP contribution in [0.15, 0.2) is 24.3 Å². The van der Waals surface area contributed by atoms with E-state index in [1.165, 1.54) is 46.7 Å². The molecule has 0 unspecified atom stereocenters. The lowest BCUT2D eigenvalue weighted by molar-refractivity contribution is 0.532. The normalized spacial score (nSPS) is 13.8. The zero-order valence-electron chi connectivity index (χ0n) is 14.9. The van der Waals surface area contributed by atoms with Crippen LogP contribution >= 0.6 is 0 Å². The smallest absolute Gasteiger partial charge is 0.245 e. The average Bonchev–Trinajstić information content (AvgIpc) is 2.80. The lowest BCUT2D eigenvalue weighted by atomic mass is 10.00. The molecule has 0 spiro atoms. The maximum absolute atomic E-state index is 6.59. The molecule has 1 aliphatic rings. The van der Waals surface area contributed by atoms with E-state index < -0.39 is 8.32 Å². The van der Waals surface area contributed by atoms with E-state index in [2.05, 4.69) is 52.6 Å². The average molecular weight is 315 g/mol. The van der Waals surface area contributed by atoms with Crippen LogP contribution in [0.25, 0.3) is 6.08 Å². The monoisotopic (exact) mass is 314 g/mol. The lowest BCUT2D eigenvalue weighted by Crippen LogP contribution is -2.34. The van der Waals surface area contributed by atoms with Gasteiger partial charge in [-0.25, -0.2) is 0 Å². The predicted molar refractivity (Wildman–Crippen MR) is 100 cm³/mol. The Labute approximate surface area is 137 Å². The third kappa shape index (κ3) is 3.92. The van der Waals surface area contributed by atoms with E-state index in [1.54, 1.807) is 0 Å². The Bertz CT molecular complexity index is 596. The van der Waals surface area contributed by atoms with Gasteiger partial charge in [-0.05, 0) is 81.4 Å². The van der Waals surface area contributed by atoms with Crippen LogP contribution in [-0.2, 0) is 6.42 Å². The Morgan fingerprint density at radius 2 is 1.95 bits per heavy atom. The molecule has 0 aliphatic heterocycles. The van der Waals surface area contributed by atoms with Gasteiger partial charge in [0.05, 0.1) is 0 Å². The molecule has 0 heterocycles. The number of fused-ring (bicyclic) bond motifs is 1. The first-order valence-corrected chi connectivity index (χ1v) is 11.6. The molecule has 0 radical (unpaired) electrons. The summed E-state index contributed by atoms with van der Waals surface area (Å²) in [4.78, 5) is 0.